The molecule has 3 nitrogen and oxygen atoms in total. The predicted molar refractivity (Wildman–Crippen MR) is 92.6 cm³/mol. The van der Waals surface area contributed by atoms with Crippen molar-refractivity contribution < 1.29 is 0 Å². The molecule has 1 rings (SSSR count). The number of pyridine rings is 1. The molecule has 0 aliphatic heterocycles. The van der Waals surface area contributed by atoms with E-state index in [1.807, 2.05) is 13.1 Å². The van der Waals surface area contributed by atoms with Gasteiger partial charge in [-0.2, -0.15) is 0 Å². The third-order valence-corrected chi connectivity index (χ3v) is 4.06. The Morgan fingerprint density at radius 3 is 2.19 bits per heavy atom. The molecule has 0 saturated heterocycles. The van der Waals surface area contributed by atoms with Gasteiger partial charge in [0.2, 0.25) is 0 Å². The van der Waals surface area contributed by atoms with Crippen molar-refractivity contribution in [1.82, 2.24) is 10.3 Å². The first-order valence-corrected chi connectivity index (χ1v) is 8.24. The Labute approximate surface area is 130 Å². The van der Waals surface area contributed by atoms with Gasteiger partial charge in [-0.3, -0.25) is 4.98 Å². The van der Waals surface area contributed by atoms with Gasteiger partial charge in [0, 0.05) is 42.3 Å². The number of rotatable bonds is 8. The minimum Gasteiger partial charge on any atom is -0.384 e. The van der Waals surface area contributed by atoms with Gasteiger partial charge >= 0.3 is 0 Å². The van der Waals surface area contributed by atoms with E-state index in [9.17, 15) is 0 Å². The number of hydrogen-bond donors (Lipinski definition) is 2. The maximum absolute atomic E-state index is 4.44. The van der Waals surface area contributed by atoms with E-state index in [0.717, 1.165) is 18.8 Å². The molecule has 0 atom stereocenters. The van der Waals surface area contributed by atoms with Crippen molar-refractivity contribution in [3.8, 4) is 0 Å². The van der Waals surface area contributed by atoms with E-state index in [4.69, 9.17) is 0 Å². The summed E-state index contributed by atoms with van der Waals surface area (Å²) < 4.78 is 0. The van der Waals surface area contributed by atoms with E-state index in [-0.39, 0.29) is 0 Å². The van der Waals surface area contributed by atoms with Gasteiger partial charge in [-0.1, -0.05) is 41.5 Å². The summed E-state index contributed by atoms with van der Waals surface area (Å²) in [5.41, 5.74) is 3.54. The van der Waals surface area contributed by atoms with Crippen molar-refractivity contribution in [2.75, 3.05) is 11.9 Å². The molecule has 0 bridgehead atoms. The minimum atomic E-state index is 0.484. The van der Waals surface area contributed by atoms with Gasteiger partial charge in [0.05, 0.1) is 0 Å². The second-order valence-corrected chi connectivity index (χ2v) is 7.05. The van der Waals surface area contributed by atoms with Gasteiger partial charge < -0.3 is 10.6 Å². The summed E-state index contributed by atoms with van der Waals surface area (Å²) in [6.45, 7) is 17.5. The van der Waals surface area contributed by atoms with Crippen LogP contribution < -0.4 is 10.6 Å². The van der Waals surface area contributed by atoms with E-state index in [2.05, 4.69) is 63.2 Å². The summed E-state index contributed by atoms with van der Waals surface area (Å²) >= 11 is 0. The van der Waals surface area contributed by atoms with Crippen LogP contribution in [0.4, 0.5) is 5.69 Å². The Morgan fingerprint density at radius 2 is 1.67 bits per heavy atom. The lowest BCUT2D eigenvalue weighted by atomic mass is 9.85. The lowest BCUT2D eigenvalue weighted by Crippen LogP contribution is -2.26. The second-order valence-electron chi connectivity index (χ2n) is 7.05. The number of aromatic nitrogens is 1. The Balaban J connectivity index is 2.78. The molecule has 0 radical (unpaired) electrons. The number of anilines is 1. The smallest absolute Gasteiger partial charge is 0.0419 e. The Kier molecular flexibility index (Phi) is 7.16. The lowest BCUT2D eigenvalue weighted by Gasteiger charge is -2.26. The number of nitrogens with one attached hydrogen (secondary N) is 2. The molecule has 2 N–H and O–H groups in total. The molecule has 1 aromatic heterocycles. The summed E-state index contributed by atoms with van der Waals surface area (Å²) in [5.74, 6) is 2.07. The number of hydrogen-bond acceptors (Lipinski definition) is 3. The highest BCUT2D eigenvalue weighted by Crippen LogP contribution is 2.23. The molecular formula is C18H33N3. The quantitative estimate of drug-likeness (QED) is 0.752. The zero-order valence-electron chi connectivity index (χ0n) is 14.8. The highest BCUT2D eigenvalue weighted by molar-refractivity contribution is 5.51. The number of nitrogens with zero attached hydrogens (tertiary/aromatic N) is 1. The van der Waals surface area contributed by atoms with Crippen molar-refractivity contribution >= 4 is 5.69 Å². The molecule has 0 fully saturated rings. The molecule has 0 aliphatic carbocycles. The van der Waals surface area contributed by atoms with Crippen molar-refractivity contribution in [3.63, 3.8) is 0 Å². The topological polar surface area (TPSA) is 37.0 Å². The normalized spacial score (nSPS) is 12.0. The van der Waals surface area contributed by atoms with E-state index < -0.39 is 0 Å². The van der Waals surface area contributed by atoms with Gasteiger partial charge in [-0.15, -0.1) is 0 Å². The summed E-state index contributed by atoms with van der Waals surface area (Å²) in [5, 5.41) is 7.14. The molecule has 0 saturated carbocycles. The molecule has 0 amide bonds. The average molecular weight is 291 g/mol. The van der Waals surface area contributed by atoms with Crippen LogP contribution in [0, 0.1) is 24.7 Å². The fourth-order valence-corrected chi connectivity index (χ4v) is 2.68. The molecule has 0 aliphatic rings. The van der Waals surface area contributed by atoms with Gasteiger partial charge in [0.15, 0.2) is 0 Å². The average Bonchev–Trinajstić information content (AvgIpc) is 2.36. The summed E-state index contributed by atoms with van der Waals surface area (Å²) in [4.78, 5) is 4.44. The van der Waals surface area contributed by atoms with Crippen molar-refractivity contribution in [2.24, 2.45) is 17.8 Å². The Hall–Kier alpha value is -1.09. The molecule has 0 unspecified atom stereocenters. The largest absolute Gasteiger partial charge is 0.384 e. The van der Waals surface area contributed by atoms with Crippen LogP contribution in [-0.4, -0.2) is 17.6 Å². The summed E-state index contributed by atoms with van der Waals surface area (Å²) in [6.07, 6.45) is 1.99. The van der Waals surface area contributed by atoms with Crippen LogP contribution in [0.1, 0.15) is 52.8 Å². The Bertz CT molecular complexity index is 416. The van der Waals surface area contributed by atoms with Crippen LogP contribution >= 0.6 is 0 Å². The van der Waals surface area contributed by atoms with Gasteiger partial charge in [0.25, 0.3) is 0 Å². The minimum absolute atomic E-state index is 0.484. The van der Waals surface area contributed by atoms with Crippen LogP contribution in [0.25, 0.3) is 0 Å². The maximum atomic E-state index is 4.44. The highest BCUT2D eigenvalue weighted by atomic mass is 14.9. The van der Waals surface area contributed by atoms with Crippen molar-refractivity contribution in [1.29, 1.82) is 0 Å². The standard InChI is InChI=1S/C18H33N3/c1-12(2)17(13(3)4)11-21-18-8-15(7)20-10-16(18)9-19-14(5)6/h8,10,12-14,17,19H,9,11H2,1-7H3,(H,20,21). The van der Waals surface area contributed by atoms with E-state index >= 15 is 0 Å². The van der Waals surface area contributed by atoms with E-state index in [1.165, 1.54) is 11.3 Å². The first-order valence-electron chi connectivity index (χ1n) is 8.24. The highest BCUT2D eigenvalue weighted by Gasteiger charge is 2.17. The molecule has 3 heteroatoms. The fraction of sp³-hybridized carbons (Fsp3) is 0.722. The van der Waals surface area contributed by atoms with Crippen LogP contribution in [0.5, 0.6) is 0 Å². The van der Waals surface area contributed by atoms with Crippen LogP contribution in [0.2, 0.25) is 0 Å². The van der Waals surface area contributed by atoms with E-state index in [0.29, 0.717) is 23.8 Å². The molecule has 1 aromatic rings. The molecule has 21 heavy (non-hydrogen) atoms. The van der Waals surface area contributed by atoms with Crippen LogP contribution in [0.15, 0.2) is 12.3 Å². The molecule has 0 aromatic carbocycles. The van der Waals surface area contributed by atoms with Gasteiger partial charge in [0.1, 0.15) is 0 Å². The van der Waals surface area contributed by atoms with Gasteiger partial charge in [-0.05, 0) is 30.7 Å². The first kappa shape index (κ1) is 18.0. The predicted octanol–water partition coefficient (Wildman–Crippen LogP) is 4.23. The fourth-order valence-electron chi connectivity index (χ4n) is 2.68. The van der Waals surface area contributed by atoms with Crippen LogP contribution in [0.3, 0.4) is 0 Å². The summed E-state index contributed by atoms with van der Waals surface area (Å²) in [7, 11) is 0. The maximum Gasteiger partial charge on any atom is 0.0419 e. The van der Waals surface area contributed by atoms with Gasteiger partial charge in [-0.25, -0.2) is 0 Å². The molecule has 120 valence electrons. The SMILES string of the molecule is Cc1cc(NCC(C(C)C)C(C)C)c(CNC(C)C)cn1. The lowest BCUT2D eigenvalue weighted by molar-refractivity contribution is 0.304. The molecule has 0 spiro atoms. The van der Waals surface area contributed by atoms with Crippen molar-refractivity contribution in [3.05, 3.63) is 23.5 Å². The van der Waals surface area contributed by atoms with Crippen LogP contribution in [-0.2, 0) is 6.54 Å². The number of aryl methyl sites for hydroxylation is 1. The van der Waals surface area contributed by atoms with Crippen molar-refractivity contribution in [2.45, 2.75) is 61.1 Å². The summed E-state index contributed by atoms with van der Waals surface area (Å²) in [6, 6.07) is 2.65. The third-order valence-electron chi connectivity index (χ3n) is 4.06. The molecular weight excluding hydrogens is 258 g/mol. The zero-order valence-corrected chi connectivity index (χ0v) is 14.8. The second kappa shape index (κ2) is 8.38. The Morgan fingerprint density at radius 1 is 1.05 bits per heavy atom. The van der Waals surface area contributed by atoms with E-state index in [1.54, 1.807) is 0 Å². The molecule has 1 heterocycles. The zero-order chi connectivity index (χ0) is 16.0. The third kappa shape index (κ3) is 6.04. The monoisotopic (exact) mass is 291 g/mol. The first-order chi connectivity index (χ1) is 9.81.